The van der Waals surface area contributed by atoms with Crippen molar-refractivity contribution in [2.24, 2.45) is 0 Å². The summed E-state index contributed by atoms with van der Waals surface area (Å²) >= 11 is 4.58. The van der Waals surface area contributed by atoms with Crippen molar-refractivity contribution in [1.29, 1.82) is 0 Å². The highest BCUT2D eigenvalue weighted by Crippen LogP contribution is 2.20. The molecule has 0 amide bonds. The van der Waals surface area contributed by atoms with Crippen LogP contribution in [0.3, 0.4) is 0 Å². The first-order valence-corrected chi connectivity index (χ1v) is 7.99. The molecule has 0 bridgehead atoms. The molecule has 0 saturated heterocycles. The molecule has 0 spiro atoms. The van der Waals surface area contributed by atoms with Crippen molar-refractivity contribution in [3.63, 3.8) is 0 Å². The average Bonchev–Trinajstić information content (AvgIpc) is 2.84. The lowest BCUT2D eigenvalue weighted by Crippen LogP contribution is -2.01. The summed E-state index contributed by atoms with van der Waals surface area (Å²) in [5.74, 6) is -0.231. The molecule has 0 aromatic carbocycles. The second kappa shape index (κ2) is 8.43. The van der Waals surface area contributed by atoms with Gasteiger partial charge >= 0.3 is 5.97 Å². The molecule has 0 aliphatic carbocycles. The number of ketones is 1. The number of hydrogen-bond acceptors (Lipinski definition) is 4. The SMILES string of the molecule is CCOC(=O)c1ccc(C(=O)CCCCCBr)s1. The van der Waals surface area contributed by atoms with Gasteiger partial charge < -0.3 is 4.74 Å². The fourth-order valence-corrected chi connectivity index (χ4v) is 2.74. The Bertz CT molecular complexity index is 401. The Labute approximate surface area is 120 Å². The summed E-state index contributed by atoms with van der Waals surface area (Å²) in [4.78, 5) is 24.5. The smallest absolute Gasteiger partial charge is 0.348 e. The van der Waals surface area contributed by atoms with Crippen LogP contribution in [-0.4, -0.2) is 23.7 Å². The molecule has 1 aromatic heterocycles. The van der Waals surface area contributed by atoms with E-state index in [0.29, 0.717) is 22.8 Å². The van der Waals surface area contributed by atoms with E-state index in [4.69, 9.17) is 4.74 Å². The van der Waals surface area contributed by atoms with Gasteiger partial charge in [-0.1, -0.05) is 22.4 Å². The van der Waals surface area contributed by atoms with E-state index in [1.807, 2.05) is 0 Å². The van der Waals surface area contributed by atoms with Gasteiger partial charge in [0.25, 0.3) is 0 Å². The lowest BCUT2D eigenvalue weighted by Gasteiger charge is -1.98. The Morgan fingerprint density at radius 2 is 1.94 bits per heavy atom. The fraction of sp³-hybridized carbons (Fsp3) is 0.538. The van der Waals surface area contributed by atoms with Crippen molar-refractivity contribution in [1.82, 2.24) is 0 Å². The van der Waals surface area contributed by atoms with Gasteiger partial charge in [-0.3, -0.25) is 4.79 Å². The molecule has 0 unspecified atom stereocenters. The molecule has 3 nitrogen and oxygen atoms in total. The molecule has 0 saturated carbocycles. The number of Topliss-reactive ketones (excluding diaryl/α,β-unsaturated/α-hetero) is 1. The highest BCUT2D eigenvalue weighted by Gasteiger charge is 2.14. The molecule has 5 heteroatoms. The van der Waals surface area contributed by atoms with Crippen molar-refractivity contribution < 1.29 is 14.3 Å². The van der Waals surface area contributed by atoms with Crippen molar-refractivity contribution in [2.45, 2.75) is 32.6 Å². The van der Waals surface area contributed by atoms with E-state index in [1.54, 1.807) is 19.1 Å². The van der Waals surface area contributed by atoms with Crippen LogP contribution in [0.4, 0.5) is 0 Å². The molecule has 0 N–H and O–H groups in total. The summed E-state index contributed by atoms with van der Waals surface area (Å²) in [7, 11) is 0. The first-order valence-electron chi connectivity index (χ1n) is 6.05. The molecular weight excluding hydrogens is 316 g/mol. The summed E-state index contributed by atoms with van der Waals surface area (Å²) in [5, 5.41) is 0.979. The first kappa shape index (κ1) is 15.4. The Morgan fingerprint density at radius 3 is 2.61 bits per heavy atom. The van der Waals surface area contributed by atoms with Crippen molar-refractivity contribution in [3.8, 4) is 0 Å². The molecule has 18 heavy (non-hydrogen) atoms. The molecule has 0 atom stereocenters. The van der Waals surface area contributed by atoms with Crippen LogP contribution in [0.2, 0.25) is 0 Å². The number of unbranched alkanes of at least 4 members (excludes halogenated alkanes) is 2. The third kappa shape index (κ3) is 4.90. The number of thiophene rings is 1. The van der Waals surface area contributed by atoms with Crippen LogP contribution in [0.25, 0.3) is 0 Å². The molecule has 0 radical (unpaired) electrons. The first-order chi connectivity index (χ1) is 8.69. The summed E-state index contributed by atoms with van der Waals surface area (Å²) < 4.78 is 4.89. The number of hydrogen-bond donors (Lipinski definition) is 0. The van der Waals surface area contributed by atoms with Gasteiger partial charge in [0, 0.05) is 11.8 Å². The average molecular weight is 333 g/mol. The number of ether oxygens (including phenoxy) is 1. The van der Waals surface area contributed by atoms with E-state index in [2.05, 4.69) is 15.9 Å². The topological polar surface area (TPSA) is 43.4 Å². The van der Waals surface area contributed by atoms with Gasteiger partial charge in [-0.15, -0.1) is 11.3 Å². The highest BCUT2D eigenvalue weighted by atomic mass is 79.9. The van der Waals surface area contributed by atoms with Gasteiger partial charge in [-0.2, -0.15) is 0 Å². The Hall–Kier alpha value is -0.680. The number of carbonyl (C=O) groups is 2. The van der Waals surface area contributed by atoms with Crippen LogP contribution >= 0.6 is 27.3 Å². The summed E-state index contributed by atoms with van der Waals surface area (Å²) in [6.45, 7) is 2.12. The maximum Gasteiger partial charge on any atom is 0.348 e. The number of halogens is 1. The van der Waals surface area contributed by atoms with Gasteiger partial charge in [0.15, 0.2) is 5.78 Å². The van der Waals surface area contributed by atoms with Crippen molar-refractivity contribution in [2.75, 3.05) is 11.9 Å². The number of rotatable bonds is 8. The number of alkyl halides is 1. The van der Waals surface area contributed by atoms with Crippen LogP contribution in [0.1, 0.15) is 52.0 Å². The lowest BCUT2D eigenvalue weighted by atomic mass is 10.1. The molecule has 1 rings (SSSR count). The summed E-state index contributed by atoms with van der Waals surface area (Å²) in [6, 6.07) is 3.37. The molecule has 0 aliphatic heterocycles. The van der Waals surface area contributed by atoms with Crippen LogP contribution < -0.4 is 0 Å². The molecule has 100 valence electrons. The highest BCUT2D eigenvalue weighted by molar-refractivity contribution is 9.09. The lowest BCUT2D eigenvalue weighted by molar-refractivity contribution is 0.0532. The van der Waals surface area contributed by atoms with Gasteiger partial charge in [0.05, 0.1) is 11.5 Å². The Morgan fingerprint density at radius 1 is 1.22 bits per heavy atom. The zero-order valence-electron chi connectivity index (χ0n) is 10.4. The van der Waals surface area contributed by atoms with Crippen LogP contribution in [0.5, 0.6) is 0 Å². The van der Waals surface area contributed by atoms with Gasteiger partial charge in [0.1, 0.15) is 4.88 Å². The van der Waals surface area contributed by atoms with E-state index in [9.17, 15) is 9.59 Å². The zero-order chi connectivity index (χ0) is 13.4. The fourth-order valence-electron chi connectivity index (χ4n) is 1.48. The number of esters is 1. The summed E-state index contributed by atoms with van der Waals surface area (Å²) in [5.41, 5.74) is 0. The monoisotopic (exact) mass is 332 g/mol. The van der Waals surface area contributed by atoms with Crippen LogP contribution in [0.15, 0.2) is 12.1 Å². The molecule has 0 fully saturated rings. The Kier molecular flexibility index (Phi) is 7.20. The third-order valence-corrected chi connectivity index (χ3v) is 4.06. The van der Waals surface area contributed by atoms with E-state index in [-0.39, 0.29) is 11.8 Å². The van der Waals surface area contributed by atoms with Gasteiger partial charge in [0.2, 0.25) is 0 Å². The molecule has 0 aliphatic rings. The normalized spacial score (nSPS) is 10.3. The van der Waals surface area contributed by atoms with E-state index < -0.39 is 0 Å². The largest absolute Gasteiger partial charge is 0.462 e. The standard InChI is InChI=1S/C13H17BrO3S/c1-2-17-13(16)12-8-7-11(18-12)10(15)6-4-3-5-9-14/h7-8H,2-6,9H2,1H3. The van der Waals surface area contributed by atoms with Crippen LogP contribution in [0, 0.1) is 0 Å². The maximum atomic E-state index is 11.8. The van der Waals surface area contributed by atoms with E-state index in [1.165, 1.54) is 11.3 Å². The minimum atomic E-state index is -0.346. The number of carbonyl (C=O) groups excluding carboxylic acids is 2. The molecule has 1 heterocycles. The van der Waals surface area contributed by atoms with Crippen molar-refractivity contribution in [3.05, 3.63) is 21.9 Å². The second-order valence-corrected chi connectivity index (χ2v) is 5.68. The van der Waals surface area contributed by atoms with Crippen LogP contribution in [-0.2, 0) is 4.74 Å². The molecular formula is C13H17BrO3S. The predicted octanol–water partition coefficient (Wildman–Crippen LogP) is 4.06. The van der Waals surface area contributed by atoms with Gasteiger partial charge in [-0.25, -0.2) is 4.79 Å². The maximum absolute atomic E-state index is 11.8. The third-order valence-electron chi connectivity index (χ3n) is 2.39. The quantitative estimate of drug-likeness (QED) is 0.312. The van der Waals surface area contributed by atoms with Gasteiger partial charge in [-0.05, 0) is 31.9 Å². The zero-order valence-corrected chi connectivity index (χ0v) is 12.8. The molecule has 1 aromatic rings. The predicted molar refractivity (Wildman–Crippen MR) is 76.9 cm³/mol. The minimum Gasteiger partial charge on any atom is -0.462 e. The van der Waals surface area contributed by atoms with E-state index >= 15 is 0 Å². The van der Waals surface area contributed by atoms with Crippen molar-refractivity contribution >= 4 is 39.0 Å². The second-order valence-electron chi connectivity index (χ2n) is 3.81. The Balaban J connectivity index is 2.46. The minimum absolute atomic E-state index is 0.116. The summed E-state index contributed by atoms with van der Waals surface area (Å²) in [6.07, 6.45) is 3.59. The van der Waals surface area contributed by atoms with E-state index in [0.717, 1.165) is 24.6 Å².